The van der Waals surface area contributed by atoms with Gasteiger partial charge in [-0.3, -0.25) is 9.59 Å². The molecule has 0 saturated heterocycles. The van der Waals surface area contributed by atoms with Crippen molar-refractivity contribution in [3.05, 3.63) is 59.7 Å². The minimum absolute atomic E-state index is 0.0597. The molecule has 0 heterocycles. The van der Waals surface area contributed by atoms with E-state index in [0.29, 0.717) is 19.3 Å². The molecule has 0 aromatic heterocycles. The average Bonchev–Trinajstić information content (AvgIpc) is 3.46. The largest absolute Gasteiger partial charge is 0.481 e. The van der Waals surface area contributed by atoms with E-state index >= 15 is 0 Å². The number of ether oxygens (including phenoxy) is 1. The highest BCUT2D eigenvalue weighted by Gasteiger charge is 2.73. The van der Waals surface area contributed by atoms with Crippen LogP contribution < -0.4 is 10.6 Å². The van der Waals surface area contributed by atoms with Gasteiger partial charge in [-0.05, 0) is 53.4 Å². The van der Waals surface area contributed by atoms with Crippen LogP contribution in [0.5, 0.6) is 0 Å². The Morgan fingerprint density at radius 1 is 1.06 bits per heavy atom. The molecule has 2 aromatic carbocycles. The Labute approximate surface area is 205 Å². The molecule has 1 spiro atoms. The summed E-state index contributed by atoms with van der Waals surface area (Å²) in [6.07, 6.45) is 3.97. The highest BCUT2D eigenvalue weighted by molar-refractivity contribution is 5.87. The maximum atomic E-state index is 12.9. The number of fused-ring (bicyclic) bond motifs is 3. The molecule has 2 fully saturated rings. The summed E-state index contributed by atoms with van der Waals surface area (Å²) in [4.78, 5) is 37.5. The lowest BCUT2D eigenvalue weighted by Gasteiger charge is -2.31. The lowest BCUT2D eigenvalue weighted by atomic mass is 9.75. The minimum atomic E-state index is -0.860. The number of hydrogen-bond acceptors (Lipinski definition) is 4. The molecule has 7 nitrogen and oxygen atoms in total. The quantitative estimate of drug-likeness (QED) is 0.496. The molecule has 7 heteroatoms. The van der Waals surface area contributed by atoms with Crippen LogP contribution in [0.2, 0.25) is 0 Å². The second-order valence-corrected chi connectivity index (χ2v) is 10.2. The summed E-state index contributed by atoms with van der Waals surface area (Å²) in [5.41, 5.74) is 3.54. The van der Waals surface area contributed by atoms with Crippen LogP contribution in [0.4, 0.5) is 4.79 Å². The van der Waals surface area contributed by atoms with Gasteiger partial charge in [0.25, 0.3) is 0 Å². The number of carbonyl (C=O) groups excluding carboxylic acids is 2. The maximum absolute atomic E-state index is 12.9. The number of hydrogen-bond donors (Lipinski definition) is 3. The van der Waals surface area contributed by atoms with E-state index in [2.05, 4.69) is 34.9 Å². The molecule has 2 amide bonds. The summed E-state index contributed by atoms with van der Waals surface area (Å²) in [5.74, 6) is -1.26. The molecular weight excluding hydrogens is 444 g/mol. The summed E-state index contributed by atoms with van der Waals surface area (Å²) in [6.45, 7) is 2.21. The molecule has 3 aliphatic carbocycles. The summed E-state index contributed by atoms with van der Waals surface area (Å²) in [7, 11) is 0. The third-order valence-corrected chi connectivity index (χ3v) is 8.34. The van der Waals surface area contributed by atoms with Gasteiger partial charge >= 0.3 is 12.1 Å². The summed E-state index contributed by atoms with van der Waals surface area (Å²) in [6, 6.07) is 15.5. The summed E-state index contributed by atoms with van der Waals surface area (Å²) in [5, 5.41) is 15.3. The number of alkyl carbamates (subject to hydrolysis) is 1. The predicted molar refractivity (Wildman–Crippen MR) is 131 cm³/mol. The molecule has 1 unspecified atom stereocenters. The highest BCUT2D eigenvalue weighted by Crippen LogP contribution is 2.73. The van der Waals surface area contributed by atoms with Gasteiger partial charge in [-0.15, -0.1) is 0 Å². The Morgan fingerprint density at radius 2 is 1.69 bits per heavy atom. The van der Waals surface area contributed by atoms with E-state index in [-0.39, 0.29) is 30.4 Å². The first-order valence-corrected chi connectivity index (χ1v) is 12.5. The first-order chi connectivity index (χ1) is 16.9. The molecule has 0 bridgehead atoms. The molecule has 2 saturated carbocycles. The van der Waals surface area contributed by atoms with E-state index in [4.69, 9.17) is 4.74 Å². The van der Waals surface area contributed by atoms with Crippen LogP contribution in [0.25, 0.3) is 11.1 Å². The number of carboxylic acid groups (broad SMARTS) is 1. The molecule has 35 heavy (non-hydrogen) atoms. The lowest BCUT2D eigenvalue weighted by molar-refractivity contribution is -0.146. The fourth-order valence-corrected chi connectivity index (χ4v) is 6.12. The zero-order valence-corrected chi connectivity index (χ0v) is 20.0. The van der Waals surface area contributed by atoms with Gasteiger partial charge in [-0.2, -0.15) is 0 Å². The predicted octanol–water partition coefficient (Wildman–Crippen LogP) is 4.46. The van der Waals surface area contributed by atoms with E-state index < -0.39 is 23.5 Å². The van der Waals surface area contributed by atoms with Crippen molar-refractivity contribution in [1.29, 1.82) is 0 Å². The first kappa shape index (κ1) is 23.4. The van der Waals surface area contributed by atoms with Gasteiger partial charge in [0.1, 0.15) is 12.6 Å². The van der Waals surface area contributed by atoms with E-state index in [1.807, 2.05) is 31.2 Å². The van der Waals surface area contributed by atoms with Crippen LogP contribution in [0.15, 0.2) is 48.5 Å². The number of nitrogens with one attached hydrogen (secondary N) is 2. The number of amides is 2. The Balaban J connectivity index is 1.19. The first-order valence-electron chi connectivity index (χ1n) is 12.5. The molecule has 184 valence electrons. The topological polar surface area (TPSA) is 105 Å². The maximum Gasteiger partial charge on any atom is 0.407 e. The molecule has 0 radical (unpaired) electrons. The van der Waals surface area contributed by atoms with Gasteiger partial charge in [-0.1, -0.05) is 68.3 Å². The van der Waals surface area contributed by atoms with Crippen molar-refractivity contribution in [3.8, 4) is 11.1 Å². The van der Waals surface area contributed by atoms with Crippen LogP contribution in [0.1, 0.15) is 62.5 Å². The van der Waals surface area contributed by atoms with Gasteiger partial charge in [0.15, 0.2) is 0 Å². The number of aliphatic carboxylic acids is 1. The van der Waals surface area contributed by atoms with Gasteiger partial charge in [-0.25, -0.2) is 4.79 Å². The minimum Gasteiger partial charge on any atom is -0.481 e. The van der Waals surface area contributed by atoms with Crippen LogP contribution >= 0.6 is 0 Å². The molecular formula is C28H32N2O5. The van der Waals surface area contributed by atoms with Gasteiger partial charge < -0.3 is 20.5 Å². The fraction of sp³-hybridized carbons (Fsp3) is 0.464. The summed E-state index contributed by atoms with van der Waals surface area (Å²) >= 11 is 0. The third kappa shape index (κ3) is 3.97. The number of benzene rings is 2. The number of carbonyl (C=O) groups is 3. The van der Waals surface area contributed by atoms with Crippen molar-refractivity contribution < 1.29 is 24.2 Å². The van der Waals surface area contributed by atoms with Crippen molar-refractivity contribution in [3.63, 3.8) is 0 Å². The Kier molecular flexibility index (Phi) is 6.03. The lowest BCUT2D eigenvalue weighted by Crippen LogP contribution is -2.49. The zero-order chi connectivity index (χ0) is 24.6. The molecule has 2 aromatic rings. The Hall–Kier alpha value is -3.35. The van der Waals surface area contributed by atoms with Crippen LogP contribution in [-0.2, 0) is 14.3 Å². The molecule has 0 aliphatic heterocycles. The Bertz CT molecular complexity index is 1110. The van der Waals surface area contributed by atoms with E-state index in [9.17, 15) is 19.5 Å². The zero-order valence-electron chi connectivity index (χ0n) is 20.0. The van der Waals surface area contributed by atoms with Gasteiger partial charge in [0.05, 0.1) is 5.41 Å². The second kappa shape index (κ2) is 9.02. The smallest absolute Gasteiger partial charge is 0.407 e. The second-order valence-electron chi connectivity index (χ2n) is 10.2. The standard InChI is InChI=1S/C28H32N2O5/c1-2-8-23(24(31)29-17-28(25(32)33)16-27(28)13-7-14-27)30-26(34)35-15-22-20-11-5-3-9-18(20)19-10-4-6-12-21(19)22/h3-6,9-12,22-23H,2,7-8,13-17H2,1H3,(H,29,31)(H,30,34)(H,32,33)/t23-,28?/m0/s1. The molecule has 5 rings (SSSR count). The van der Waals surface area contributed by atoms with Crippen LogP contribution in [-0.4, -0.2) is 42.3 Å². The van der Waals surface area contributed by atoms with Crippen molar-refractivity contribution in [2.24, 2.45) is 10.8 Å². The van der Waals surface area contributed by atoms with Crippen molar-refractivity contribution in [1.82, 2.24) is 10.6 Å². The molecule has 3 aliphatic rings. The summed E-state index contributed by atoms with van der Waals surface area (Å²) < 4.78 is 5.60. The molecule has 3 N–H and O–H groups in total. The average molecular weight is 477 g/mol. The van der Waals surface area contributed by atoms with Crippen LogP contribution in [0.3, 0.4) is 0 Å². The van der Waals surface area contributed by atoms with E-state index in [1.165, 1.54) is 0 Å². The van der Waals surface area contributed by atoms with Crippen molar-refractivity contribution in [2.75, 3.05) is 13.2 Å². The van der Waals surface area contributed by atoms with Crippen LogP contribution in [0, 0.1) is 10.8 Å². The molecule has 2 atom stereocenters. The van der Waals surface area contributed by atoms with E-state index in [0.717, 1.165) is 41.5 Å². The highest BCUT2D eigenvalue weighted by atomic mass is 16.5. The fourth-order valence-electron chi connectivity index (χ4n) is 6.12. The van der Waals surface area contributed by atoms with E-state index in [1.54, 1.807) is 0 Å². The monoisotopic (exact) mass is 476 g/mol. The van der Waals surface area contributed by atoms with Crippen molar-refractivity contribution in [2.45, 2.75) is 57.4 Å². The third-order valence-electron chi connectivity index (χ3n) is 8.34. The SMILES string of the molecule is CCC[C@H](NC(=O)OCC1c2ccccc2-c2ccccc21)C(=O)NCC1(C(=O)O)CC12CCC2. The Morgan fingerprint density at radius 3 is 2.20 bits per heavy atom. The number of carboxylic acids is 1. The van der Waals surface area contributed by atoms with Gasteiger partial charge in [0.2, 0.25) is 5.91 Å². The van der Waals surface area contributed by atoms with Crippen molar-refractivity contribution >= 4 is 18.0 Å². The normalized spacial score (nSPS) is 21.9. The van der Waals surface area contributed by atoms with Gasteiger partial charge in [0, 0.05) is 12.5 Å². The number of rotatable bonds is 9.